The lowest BCUT2D eigenvalue weighted by molar-refractivity contribution is 0.102. The Labute approximate surface area is 207 Å². The number of carbonyl (C=O) groups excluding carboxylic acids is 1. The van der Waals surface area contributed by atoms with Gasteiger partial charge in [0.1, 0.15) is 23.1 Å². The summed E-state index contributed by atoms with van der Waals surface area (Å²) >= 11 is 0. The lowest BCUT2D eigenvalue weighted by Crippen LogP contribution is -2.11. The van der Waals surface area contributed by atoms with Gasteiger partial charge in [-0.1, -0.05) is 18.2 Å². The smallest absolute Gasteiger partial charge is 0.255 e. The van der Waals surface area contributed by atoms with Crippen molar-refractivity contribution in [1.82, 2.24) is 9.97 Å². The van der Waals surface area contributed by atoms with E-state index in [0.717, 1.165) is 11.4 Å². The van der Waals surface area contributed by atoms with Gasteiger partial charge in [-0.05, 0) is 91.0 Å². The molecule has 0 radical (unpaired) electrons. The fourth-order valence-corrected chi connectivity index (χ4v) is 3.45. The van der Waals surface area contributed by atoms with Crippen LogP contribution in [0, 0.1) is 5.82 Å². The fourth-order valence-electron chi connectivity index (χ4n) is 3.45. The van der Waals surface area contributed by atoms with Crippen LogP contribution in [0.4, 0.5) is 21.6 Å². The number of ether oxygens (including phenoxy) is 1. The molecule has 0 bridgehead atoms. The van der Waals surface area contributed by atoms with E-state index in [1.165, 1.54) is 12.1 Å². The Morgan fingerprint density at radius 2 is 1.39 bits per heavy atom. The normalized spacial score (nSPS) is 10.5. The van der Waals surface area contributed by atoms with E-state index in [9.17, 15) is 9.18 Å². The number of nitrogens with zero attached hydrogens (tertiary/aromatic N) is 2. The Kier molecular flexibility index (Phi) is 6.62. The number of amides is 1. The number of benzene rings is 4. The van der Waals surface area contributed by atoms with Crippen LogP contribution >= 0.6 is 0 Å². The summed E-state index contributed by atoms with van der Waals surface area (Å²) in [5.74, 6) is 1.96. The maximum Gasteiger partial charge on any atom is 0.255 e. The number of halogens is 1. The largest absolute Gasteiger partial charge is 0.457 e. The molecule has 2 N–H and O–H groups in total. The number of anilines is 3. The molecule has 1 amide bonds. The van der Waals surface area contributed by atoms with Gasteiger partial charge < -0.3 is 15.4 Å². The van der Waals surface area contributed by atoms with Crippen LogP contribution in [-0.2, 0) is 0 Å². The summed E-state index contributed by atoms with van der Waals surface area (Å²) in [5, 5.41) is 6.08. The maximum absolute atomic E-state index is 13.2. The molecule has 6 nitrogen and oxygen atoms in total. The Hall–Kier alpha value is -5.04. The molecule has 7 heteroatoms. The summed E-state index contributed by atoms with van der Waals surface area (Å²) in [5.41, 5.74) is 2.65. The third-order valence-corrected chi connectivity index (χ3v) is 5.27. The quantitative estimate of drug-likeness (QED) is 0.263. The first-order valence-electron chi connectivity index (χ1n) is 11.2. The number of hydrogen-bond donors (Lipinski definition) is 2. The van der Waals surface area contributed by atoms with Crippen LogP contribution in [0.3, 0.4) is 0 Å². The average Bonchev–Trinajstić information content (AvgIpc) is 2.91. The first kappa shape index (κ1) is 22.7. The number of hydrogen-bond acceptors (Lipinski definition) is 5. The van der Waals surface area contributed by atoms with Crippen molar-refractivity contribution in [2.45, 2.75) is 0 Å². The summed E-state index contributed by atoms with van der Waals surface area (Å²) in [4.78, 5) is 21.4. The van der Waals surface area contributed by atoms with E-state index in [4.69, 9.17) is 4.74 Å². The van der Waals surface area contributed by atoms with Gasteiger partial charge in [-0.15, -0.1) is 0 Å². The molecule has 5 rings (SSSR count). The van der Waals surface area contributed by atoms with Crippen molar-refractivity contribution >= 4 is 23.1 Å². The average molecular weight is 477 g/mol. The van der Waals surface area contributed by atoms with E-state index in [2.05, 4.69) is 20.6 Å². The zero-order chi connectivity index (χ0) is 24.7. The van der Waals surface area contributed by atoms with E-state index >= 15 is 0 Å². The molecule has 0 saturated carbocycles. The van der Waals surface area contributed by atoms with Crippen molar-refractivity contribution < 1.29 is 13.9 Å². The lowest BCUT2D eigenvalue weighted by Gasteiger charge is -2.10. The lowest BCUT2D eigenvalue weighted by atomic mass is 10.2. The second-order valence-corrected chi connectivity index (χ2v) is 7.87. The molecule has 4 aromatic carbocycles. The highest BCUT2D eigenvalue weighted by Crippen LogP contribution is 2.24. The van der Waals surface area contributed by atoms with Gasteiger partial charge in [0, 0.05) is 28.7 Å². The van der Waals surface area contributed by atoms with Crippen LogP contribution in [0.1, 0.15) is 10.4 Å². The minimum atomic E-state index is -0.314. The van der Waals surface area contributed by atoms with Crippen molar-refractivity contribution in [2.24, 2.45) is 0 Å². The van der Waals surface area contributed by atoms with E-state index in [1.54, 1.807) is 72.9 Å². The molecule has 0 aliphatic heterocycles. The van der Waals surface area contributed by atoms with Crippen LogP contribution in [0.15, 0.2) is 115 Å². The number of rotatable bonds is 7. The molecule has 0 spiro atoms. The number of carbonyl (C=O) groups is 1. The van der Waals surface area contributed by atoms with Gasteiger partial charge in [-0.25, -0.2) is 14.4 Å². The predicted octanol–water partition coefficient (Wildman–Crippen LogP) is 7.07. The van der Waals surface area contributed by atoms with E-state index in [-0.39, 0.29) is 11.7 Å². The molecule has 0 fully saturated rings. The standard InChI is InChI=1S/C29H21FN4O2/c30-22-10-6-20(7-11-22)28-31-19-18-27(34-28)32-23-12-8-21(9-13-23)29(35)33-24-14-16-26(17-15-24)36-25-4-2-1-3-5-25/h1-19H,(H,33,35)(H,31,32,34). The Bertz CT molecular complexity index is 1460. The number of nitrogens with one attached hydrogen (secondary N) is 2. The molecule has 0 saturated heterocycles. The topological polar surface area (TPSA) is 76.1 Å². The predicted molar refractivity (Wildman–Crippen MR) is 138 cm³/mol. The van der Waals surface area contributed by atoms with E-state index in [1.807, 2.05) is 30.3 Å². The molecule has 0 unspecified atom stereocenters. The highest BCUT2D eigenvalue weighted by Gasteiger charge is 2.08. The highest BCUT2D eigenvalue weighted by atomic mass is 19.1. The monoisotopic (exact) mass is 476 g/mol. The Balaban J connectivity index is 1.20. The third-order valence-electron chi connectivity index (χ3n) is 5.27. The molecular weight excluding hydrogens is 455 g/mol. The first-order chi connectivity index (χ1) is 17.6. The van der Waals surface area contributed by atoms with Crippen LogP contribution in [0.25, 0.3) is 11.4 Å². The molecular formula is C29H21FN4O2. The maximum atomic E-state index is 13.2. The van der Waals surface area contributed by atoms with Crippen molar-refractivity contribution in [3.63, 3.8) is 0 Å². The Morgan fingerprint density at radius 3 is 2.11 bits per heavy atom. The number of para-hydroxylation sites is 1. The molecule has 0 aliphatic rings. The van der Waals surface area contributed by atoms with Crippen LogP contribution in [0.2, 0.25) is 0 Å². The van der Waals surface area contributed by atoms with Gasteiger partial charge in [-0.2, -0.15) is 0 Å². The minimum absolute atomic E-state index is 0.223. The van der Waals surface area contributed by atoms with Gasteiger partial charge in [-0.3, -0.25) is 4.79 Å². The van der Waals surface area contributed by atoms with Gasteiger partial charge in [0.2, 0.25) is 0 Å². The van der Waals surface area contributed by atoms with Gasteiger partial charge in [0.05, 0.1) is 0 Å². The SMILES string of the molecule is O=C(Nc1ccc(Oc2ccccc2)cc1)c1ccc(Nc2ccnc(-c3ccc(F)cc3)n2)cc1. The van der Waals surface area contributed by atoms with E-state index in [0.29, 0.717) is 34.2 Å². The summed E-state index contributed by atoms with van der Waals surface area (Å²) in [6, 6.07) is 31.5. The number of aromatic nitrogens is 2. The van der Waals surface area contributed by atoms with Crippen LogP contribution in [0.5, 0.6) is 11.5 Å². The second-order valence-electron chi connectivity index (χ2n) is 7.87. The van der Waals surface area contributed by atoms with Crippen molar-refractivity contribution in [2.75, 3.05) is 10.6 Å². The summed E-state index contributed by atoms with van der Waals surface area (Å²) in [6.07, 6.45) is 1.63. The molecule has 0 aliphatic carbocycles. The fraction of sp³-hybridized carbons (Fsp3) is 0. The van der Waals surface area contributed by atoms with Gasteiger partial charge >= 0.3 is 0 Å². The Morgan fingerprint density at radius 1 is 0.722 bits per heavy atom. The highest BCUT2D eigenvalue weighted by molar-refractivity contribution is 6.04. The summed E-state index contributed by atoms with van der Waals surface area (Å²) in [7, 11) is 0. The molecule has 1 heterocycles. The van der Waals surface area contributed by atoms with Crippen LogP contribution in [-0.4, -0.2) is 15.9 Å². The molecule has 36 heavy (non-hydrogen) atoms. The first-order valence-corrected chi connectivity index (χ1v) is 11.2. The van der Waals surface area contributed by atoms with Gasteiger partial charge in [0.25, 0.3) is 5.91 Å². The molecule has 176 valence electrons. The van der Waals surface area contributed by atoms with Crippen molar-refractivity contribution in [3.05, 3.63) is 127 Å². The summed E-state index contributed by atoms with van der Waals surface area (Å²) in [6.45, 7) is 0. The summed E-state index contributed by atoms with van der Waals surface area (Å²) < 4.78 is 19.0. The molecule has 0 atom stereocenters. The molecule has 1 aromatic heterocycles. The minimum Gasteiger partial charge on any atom is -0.457 e. The zero-order valence-electron chi connectivity index (χ0n) is 19.1. The van der Waals surface area contributed by atoms with Crippen LogP contribution < -0.4 is 15.4 Å². The van der Waals surface area contributed by atoms with E-state index < -0.39 is 0 Å². The molecule has 5 aromatic rings. The van der Waals surface area contributed by atoms with Crippen molar-refractivity contribution in [1.29, 1.82) is 0 Å². The second kappa shape index (κ2) is 10.5. The van der Waals surface area contributed by atoms with Crippen molar-refractivity contribution in [3.8, 4) is 22.9 Å². The van der Waals surface area contributed by atoms with Gasteiger partial charge in [0.15, 0.2) is 5.82 Å². The third kappa shape index (κ3) is 5.71. The zero-order valence-corrected chi connectivity index (χ0v) is 19.1.